The van der Waals surface area contributed by atoms with Crippen LogP contribution in [0.1, 0.15) is 25.7 Å². The van der Waals surface area contributed by atoms with E-state index in [1.165, 1.54) is 25.7 Å². The van der Waals surface area contributed by atoms with E-state index in [-0.39, 0.29) is 0 Å². The zero-order chi connectivity index (χ0) is 12.6. The lowest BCUT2D eigenvalue weighted by Gasteiger charge is -2.12. The molecule has 0 aromatic heterocycles. The van der Waals surface area contributed by atoms with Gasteiger partial charge in [-0.15, -0.1) is 0 Å². The van der Waals surface area contributed by atoms with E-state index >= 15 is 0 Å². The first kappa shape index (κ1) is 12.7. The van der Waals surface area contributed by atoms with Gasteiger partial charge >= 0.3 is 0 Å². The van der Waals surface area contributed by atoms with E-state index in [1.54, 1.807) is 0 Å². The monoisotopic (exact) mass is 247 g/mol. The Balaban J connectivity index is 1.64. The van der Waals surface area contributed by atoms with E-state index in [4.69, 9.17) is 10.5 Å². The molecule has 2 rings (SSSR count). The number of nitrogens with one attached hydrogen (secondary N) is 1. The van der Waals surface area contributed by atoms with Crippen LogP contribution in [0.5, 0.6) is 5.75 Å². The first-order valence-electron chi connectivity index (χ1n) is 6.59. The Kier molecular flexibility index (Phi) is 4.88. The summed E-state index contributed by atoms with van der Waals surface area (Å²) in [6.45, 7) is 1.14. The smallest absolute Gasteiger partial charge is 0.188 e. The van der Waals surface area contributed by atoms with Gasteiger partial charge in [0.25, 0.3) is 0 Å². The molecular formula is C14H21N3O. The first-order chi connectivity index (χ1) is 8.84. The van der Waals surface area contributed by atoms with Crippen molar-refractivity contribution in [1.82, 2.24) is 5.32 Å². The van der Waals surface area contributed by atoms with Crippen LogP contribution in [0.2, 0.25) is 0 Å². The molecule has 0 heterocycles. The lowest BCUT2D eigenvalue weighted by Crippen LogP contribution is -2.38. The van der Waals surface area contributed by atoms with Crippen molar-refractivity contribution in [3.63, 3.8) is 0 Å². The van der Waals surface area contributed by atoms with Gasteiger partial charge in [0.15, 0.2) is 5.96 Å². The predicted molar refractivity (Wildman–Crippen MR) is 73.8 cm³/mol. The average molecular weight is 247 g/mol. The van der Waals surface area contributed by atoms with Crippen LogP contribution in [0.15, 0.2) is 35.3 Å². The number of para-hydroxylation sites is 1. The number of nitrogens with two attached hydrogens (primary N) is 1. The molecule has 1 aliphatic rings. The van der Waals surface area contributed by atoms with Crippen molar-refractivity contribution in [3.05, 3.63) is 30.3 Å². The number of hydrogen-bond donors (Lipinski definition) is 2. The highest BCUT2D eigenvalue weighted by Crippen LogP contribution is 2.17. The van der Waals surface area contributed by atoms with Crippen LogP contribution in [0.4, 0.5) is 0 Å². The summed E-state index contributed by atoms with van der Waals surface area (Å²) in [7, 11) is 0. The summed E-state index contributed by atoms with van der Waals surface area (Å²) in [6.07, 6.45) is 5.00. The topological polar surface area (TPSA) is 59.6 Å². The summed E-state index contributed by atoms with van der Waals surface area (Å²) < 4.78 is 5.54. The number of rotatable bonds is 5. The van der Waals surface area contributed by atoms with Gasteiger partial charge in [-0.1, -0.05) is 31.0 Å². The van der Waals surface area contributed by atoms with Crippen LogP contribution >= 0.6 is 0 Å². The molecule has 0 saturated heterocycles. The third-order valence-electron chi connectivity index (χ3n) is 3.09. The molecule has 98 valence electrons. The second-order valence-electron chi connectivity index (χ2n) is 4.55. The number of benzene rings is 1. The third kappa shape index (κ3) is 4.28. The molecule has 0 unspecified atom stereocenters. The standard InChI is InChI=1S/C14H21N3O/c15-14(17-12-6-4-5-7-12)16-10-11-18-13-8-2-1-3-9-13/h1-3,8-9,12H,4-7,10-11H2,(H3,15,16,17). The van der Waals surface area contributed by atoms with E-state index in [2.05, 4.69) is 10.3 Å². The van der Waals surface area contributed by atoms with Crippen molar-refractivity contribution >= 4 is 5.96 Å². The number of hydrogen-bond acceptors (Lipinski definition) is 2. The largest absolute Gasteiger partial charge is 0.492 e. The van der Waals surface area contributed by atoms with E-state index in [9.17, 15) is 0 Å². The summed E-state index contributed by atoms with van der Waals surface area (Å²) >= 11 is 0. The Labute approximate surface area is 108 Å². The van der Waals surface area contributed by atoms with Crippen molar-refractivity contribution in [2.24, 2.45) is 10.7 Å². The van der Waals surface area contributed by atoms with Crippen LogP contribution in [-0.4, -0.2) is 25.2 Å². The Hall–Kier alpha value is -1.71. The summed E-state index contributed by atoms with van der Waals surface area (Å²) in [6, 6.07) is 10.3. The van der Waals surface area contributed by atoms with E-state index < -0.39 is 0 Å². The highest BCUT2D eigenvalue weighted by molar-refractivity contribution is 5.78. The predicted octanol–water partition coefficient (Wildman–Crippen LogP) is 1.91. The SMILES string of the molecule is NC(=NCCOc1ccccc1)NC1CCCC1. The molecular weight excluding hydrogens is 226 g/mol. The number of guanidine groups is 1. The minimum atomic E-state index is 0.517. The number of ether oxygens (including phenoxy) is 1. The molecule has 1 aromatic rings. The Bertz CT molecular complexity index is 372. The highest BCUT2D eigenvalue weighted by Gasteiger charge is 2.14. The summed E-state index contributed by atoms with van der Waals surface area (Å²) in [5.41, 5.74) is 5.82. The van der Waals surface area contributed by atoms with Crippen LogP contribution < -0.4 is 15.8 Å². The number of nitrogens with zero attached hydrogens (tertiary/aromatic N) is 1. The lowest BCUT2D eigenvalue weighted by molar-refractivity contribution is 0.328. The quantitative estimate of drug-likeness (QED) is 0.475. The van der Waals surface area contributed by atoms with Crippen LogP contribution in [0.3, 0.4) is 0 Å². The fourth-order valence-corrected chi connectivity index (χ4v) is 2.17. The maximum atomic E-state index is 5.82. The van der Waals surface area contributed by atoms with Gasteiger partial charge in [-0.25, -0.2) is 4.99 Å². The van der Waals surface area contributed by atoms with Crippen molar-refractivity contribution in [2.75, 3.05) is 13.2 Å². The molecule has 4 nitrogen and oxygen atoms in total. The normalized spacial score (nSPS) is 16.8. The highest BCUT2D eigenvalue weighted by atomic mass is 16.5. The lowest BCUT2D eigenvalue weighted by atomic mass is 10.2. The molecule has 1 aliphatic carbocycles. The van der Waals surface area contributed by atoms with Gasteiger partial charge in [0.1, 0.15) is 12.4 Å². The van der Waals surface area contributed by atoms with Crippen molar-refractivity contribution in [2.45, 2.75) is 31.7 Å². The molecule has 1 saturated carbocycles. The van der Waals surface area contributed by atoms with Gasteiger partial charge in [-0.05, 0) is 25.0 Å². The van der Waals surface area contributed by atoms with E-state index in [1.807, 2.05) is 30.3 Å². The van der Waals surface area contributed by atoms with Crippen LogP contribution in [0, 0.1) is 0 Å². The van der Waals surface area contributed by atoms with Gasteiger partial charge in [-0.2, -0.15) is 0 Å². The zero-order valence-corrected chi connectivity index (χ0v) is 10.6. The Morgan fingerprint density at radius 3 is 2.72 bits per heavy atom. The minimum absolute atomic E-state index is 0.517. The van der Waals surface area contributed by atoms with Crippen LogP contribution in [0.25, 0.3) is 0 Å². The molecule has 0 spiro atoms. The van der Waals surface area contributed by atoms with E-state index in [0.717, 1.165) is 5.75 Å². The Morgan fingerprint density at radius 2 is 2.00 bits per heavy atom. The molecule has 0 radical (unpaired) electrons. The maximum absolute atomic E-state index is 5.82. The average Bonchev–Trinajstić information content (AvgIpc) is 2.89. The Morgan fingerprint density at radius 1 is 1.28 bits per heavy atom. The van der Waals surface area contributed by atoms with Crippen LogP contribution in [-0.2, 0) is 0 Å². The molecule has 0 amide bonds. The van der Waals surface area contributed by atoms with Gasteiger partial charge in [-0.3, -0.25) is 0 Å². The second-order valence-corrected chi connectivity index (χ2v) is 4.55. The maximum Gasteiger partial charge on any atom is 0.188 e. The molecule has 1 aromatic carbocycles. The minimum Gasteiger partial charge on any atom is -0.492 e. The molecule has 18 heavy (non-hydrogen) atoms. The molecule has 1 fully saturated rings. The van der Waals surface area contributed by atoms with Gasteiger partial charge in [0, 0.05) is 6.04 Å². The molecule has 3 N–H and O–H groups in total. The van der Waals surface area contributed by atoms with E-state index in [0.29, 0.717) is 25.2 Å². The molecule has 0 atom stereocenters. The number of aliphatic imine (C=N–C) groups is 1. The second kappa shape index (κ2) is 6.89. The molecule has 0 bridgehead atoms. The van der Waals surface area contributed by atoms with Crippen molar-refractivity contribution in [1.29, 1.82) is 0 Å². The van der Waals surface area contributed by atoms with Gasteiger partial charge in [0.05, 0.1) is 6.54 Å². The summed E-state index contributed by atoms with van der Waals surface area (Å²) in [5, 5.41) is 3.25. The molecule has 4 heteroatoms. The molecule has 0 aliphatic heterocycles. The summed E-state index contributed by atoms with van der Waals surface area (Å²) in [5.74, 6) is 1.41. The van der Waals surface area contributed by atoms with Crippen molar-refractivity contribution in [3.8, 4) is 5.75 Å². The van der Waals surface area contributed by atoms with Gasteiger partial charge in [0.2, 0.25) is 0 Å². The fourth-order valence-electron chi connectivity index (χ4n) is 2.17. The van der Waals surface area contributed by atoms with Crippen molar-refractivity contribution < 1.29 is 4.74 Å². The fraction of sp³-hybridized carbons (Fsp3) is 0.500. The summed E-state index contributed by atoms with van der Waals surface area (Å²) in [4.78, 5) is 4.26. The third-order valence-corrected chi connectivity index (χ3v) is 3.09. The zero-order valence-electron chi connectivity index (χ0n) is 10.6. The van der Waals surface area contributed by atoms with Gasteiger partial charge < -0.3 is 15.8 Å². The first-order valence-corrected chi connectivity index (χ1v) is 6.59.